The molecule has 0 atom stereocenters. The molecule has 0 aromatic heterocycles. The first kappa shape index (κ1) is 11.2. The first-order valence-electron chi connectivity index (χ1n) is 5.80. The van der Waals surface area contributed by atoms with Gasteiger partial charge in [-0.3, -0.25) is 4.90 Å². The number of nitrogens with zero attached hydrogens (tertiary/aromatic N) is 1. The summed E-state index contributed by atoms with van der Waals surface area (Å²) in [5.41, 5.74) is 2.75. The smallest absolute Gasteiger partial charge is 0.118 e. The Labute approximate surface area is 97.5 Å². The molecule has 2 rings (SSSR count). The average Bonchev–Trinajstić information content (AvgIpc) is 2.33. The molecule has 86 valence electrons. The summed E-state index contributed by atoms with van der Waals surface area (Å²) in [4.78, 5) is 2.48. The van der Waals surface area contributed by atoms with Crippen molar-refractivity contribution in [1.82, 2.24) is 4.90 Å². The van der Waals surface area contributed by atoms with Crippen LogP contribution in [0.3, 0.4) is 0 Å². The molecule has 0 radical (unpaired) electrons. The molecule has 0 bridgehead atoms. The quantitative estimate of drug-likeness (QED) is 0.722. The third-order valence-corrected chi connectivity index (χ3v) is 3.13. The topological polar surface area (TPSA) is 12.5 Å². The number of benzene rings is 1. The van der Waals surface area contributed by atoms with Crippen molar-refractivity contribution in [3.05, 3.63) is 42.0 Å². The van der Waals surface area contributed by atoms with Crippen LogP contribution in [-0.4, -0.2) is 25.1 Å². The minimum Gasteiger partial charge on any atom is -0.497 e. The normalized spacial score (nSPS) is 17.4. The van der Waals surface area contributed by atoms with Crippen LogP contribution in [0.1, 0.15) is 18.4 Å². The fraction of sp³-hybridized carbons (Fsp3) is 0.429. The standard InChI is InChI=1S/C14H19NO/c1-12-7-9-15(10-8-12)11-13-3-5-14(16-2)6-4-13/h3-6H,1,7-11H2,2H3. The molecule has 0 amide bonds. The molecule has 2 nitrogen and oxygen atoms in total. The van der Waals surface area contributed by atoms with Crippen LogP contribution in [0.25, 0.3) is 0 Å². The van der Waals surface area contributed by atoms with Crippen LogP contribution < -0.4 is 4.74 Å². The van der Waals surface area contributed by atoms with E-state index in [2.05, 4.69) is 23.6 Å². The van der Waals surface area contributed by atoms with Crippen LogP contribution in [-0.2, 0) is 6.54 Å². The number of rotatable bonds is 3. The van der Waals surface area contributed by atoms with Gasteiger partial charge in [0, 0.05) is 19.6 Å². The van der Waals surface area contributed by atoms with E-state index in [0.717, 1.165) is 38.2 Å². The number of hydrogen-bond acceptors (Lipinski definition) is 2. The van der Waals surface area contributed by atoms with E-state index in [0.29, 0.717) is 0 Å². The van der Waals surface area contributed by atoms with Gasteiger partial charge in [0.25, 0.3) is 0 Å². The van der Waals surface area contributed by atoms with Crippen LogP contribution in [0.2, 0.25) is 0 Å². The molecule has 0 saturated carbocycles. The number of ether oxygens (including phenoxy) is 1. The Hall–Kier alpha value is -1.28. The highest BCUT2D eigenvalue weighted by atomic mass is 16.5. The Bertz CT molecular complexity index is 346. The minimum absolute atomic E-state index is 0.927. The van der Waals surface area contributed by atoms with Gasteiger partial charge in [-0.2, -0.15) is 0 Å². The van der Waals surface area contributed by atoms with E-state index >= 15 is 0 Å². The fourth-order valence-corrected chi connectivity index (χ4v) is 2.02. The second-order valence-electron chi connectivity index (χ2n) is 4.37. The van der Waals surface area contributed by atoms with Crippen LogP contribution in [0.5, 0.6) is 5.75 Å². The molecule has 16 heavy (non-hydrogen) atoms. The Balaban J connectivity index is 1.90. The molecular formula is C14H19NO. The van der Waals surface area contributed by atoms with E-state index in [-0.39, 0.29) is 0 Å². The molecule has 1 aromatic rings. The van der Waals surface area contributed by atoms with Gasteiger partial charge in [0.15, 0.2) is 0 Å². The van der Waals surface area contributed by atoms with Crippen molar-refractivity contribution in [2.24, 2.45) is 0 Å². The van der Waals surface area contributed by atoms with E-state index in [1.54, 1.807) is 7.11 Å². The van der Waals surface area contributed by atoms with Crippen molar-refractivity contribution in [2.75, 3.05) is 20.2 Å². The summed E-state index contributed by atoms with van der Waals surface area (Å²) >= 11 is 0. The maximum Gasteiger partial charge on any atom is 0.118 e. The zero-order chi connectivity index (χ0) is 11.4. The number of methoxy groups -OCH3 is 1. The SMILES string of the molecule is C=C1CCN(Cc2ccc(OC)cc2)CC1. The molecule has 2 heteroatoms. The van der Waals surface area contributed by atoms with E-state index in [4.69, 9.17) is 4.74 Å². The Kier molecular flexibility index (Phi) is 3.62. The molecule has 0 N–H and O–H groups in total. The van der Waals surface area contributed by atoms with Crippen LogP contribution in [0.15, 0.2) is 36.4 Å². The summed E-state index contributed by atoms with van der Waals surface area (Å²) in [6, 6.07) is 8.33. The summed E-state index contributed by atoms with van der Waals surface area (Å²) < 4.78 is 5.15. The van der Waals surface area contributed by atoms with Crippen molar-refractivity contribution < 1.29 is 4.74 Å². The Morgan fingerprint density at radius 1 is 1.19 bits per heavy atom. The van der Waals surface area contributed by atoms with Gasteiger partial charge in [-0.1, -0.05) is 24.3 Å². The fourth-order valence-electron chi connectivity index (χ4n) is 2.02. The van der Waals surface area contributed by atoms with Gasteiger partial charge in [-0.05, 0) is 30.5 Å². The Morgan fingerprint density at radius 3 is 2.38 bits per heavy atom. The first-order valence-corrected chi connectivity index (χ1v) is 5.80. The van der Waals surface area contributed by atoms with Crippen molar-refractivity contribution in [3.63, 3.8) is 0 Å². The molecule has 1 heterocycles. The summed E-state index contributed by atoms with van der Waals surface area (Å²) in [5, 5.41) is 0. The highest BCUT2D eigenvalue weighted by molar-refractivity contribution is 5.27. The molecule has 0 unspecified atom stereocenters. The van der Waals surface area contributed by atoms with Crippen LogP contribution in [0.4, 0.5) is 0 Å². The monoisotopic (exact) mass is 217 g/mol. The number of hydrogen-bond donors (Lipinski definition) is 0. The van der Waals surface area contributed by atoms with Gasteiger partial charge in [0.2, 0.25) is 0 Å². The third kappa shape index (κ3) is 2.86. The lowest BCUT2D eigenvalue weighted by atomic mass is 10.1. The molecule has 1 aliphatic heterocycles. The van der Waals surface area contributed by atoms with Crippen LogP contribution in [0, 0.1) is 0 Å². The molecule has 0 aliphatic carbocycles. The first-order chi connectivity index (χ1) is 7.78. The molecule has 1 saturated heterocycles. The van der Waals surface area contributed by atoms with Crippen molar-refractivity contribution >= 4 is 0 Å². The van der Waals surface area contributed by atoms with Crippen LogP contribution >= 0.6 is 0 Å². The van der Waals surface area contributed by atoms with E-state index in [1.165, 1.54) is 11.1 Å². The summed E-state index contributed by atoms with van der Waals surface area (Å²) in [5.74, 6) is 0.927. The number of piperidine rings is 1. The maximum absolute atomic E-state index is 5.15. The maximum atomic E-state index is 5.15. The predicted octanol–water partition coefficient (Wildman–Crippen LogP) is 2.85. The minimum atomic E-state index is 0.927. The lowest BCUT2D eigenvalue weighted by Crippen LogP contribution is -2.29. The van der Waals surface area contributed by atoms with Crippen molar-refractivity contribution in [1.29, 1.82) is 0 Å². The lowest BCUT2D eigenvalue weighted by Gasteiger charge is -2.27. The van der Waals surface area contributed by atoms with Crippen molar-refractivity contribution in [2.45, 2.75) is 19.4 Å². The third-order valence-electron chi connectivity index (χ3n) is 3.13. The molecule has 1 aromatic carbocycles. The van der Waals surface area contributed by atoms with Gasteiger partial charge in [-0.15, -0.1) is 0 Å². The lowest BCUT2D eigenvalue weighted by molar-refractivity contribution is 0.248. The zero-order valence-corrected chi connectivity index (χ0v) is 9.91. The highest BCUT2D eigenvalue weighted by Crippen LogP contribution is 2.18. The largest absolute Gasteiger partial charge is 0.497 e. The Morgan fingerprint density at radius 2 is 1.81 bits per heavy atom. The molecule has 1 fully saturated rings. The molecular weight excluding hydrogens is 198 g/mol. The van der Waals surface area contributed by atoms with Gasteiger partial charge in [0.1, 0.15) is 5.75 Å². The second kappa shape index (κ2) is 5.17. The summed E-state index contributed by atoms with van der Waals surface area (Å²) in [6.45, 7) is 7.36. The highest BCUT2D eigenvalue weighted by Gasteiger charge is 2.12. The van der Waals surface area contributed by atoms with Gasteiger partial charge < -0.3 is 4.74 Å². The van der Waals surface area contributed by atoms with Gasteiger partial charge in [-0.25, -0.2) is 0 Å². The van der Waals surface area contributed by atoms with Gasteiger partial charge in [0.05, 0.1) is 7.11 Å². The number of likely N-dealkylation sites (tertiary alicyclic amines) is 1. The van der Waals surface area contributed by atoms with Gasteiger partial charge >= 0.3 is 0 Å². The van der Waals surface area contributed by atoms with E-state index in [1.807, 2.05) is 12.1 Å². The molecule has 0 spiro atoms. The van der Waals surface area contributed by atoms with E-state index in [9.17, 15) is 0 Å². The average molecular weight is 217 g/mol. The summed E-state index contributed by atoms with van der Waals surface area (Å²) in [7, 11) is 1.70. The van der Waals surface area contributed by atoms with Crippen molar-refractivity contribution in [3.8, 4) is 5.75 Å². The van der Waals surface area contributed by atoms with E-state index < -0.39 is 0 Å². The predicted molar refractivity (Wildman–Crippen MR) is 66.6 cm³/mol. The second-order valence-corrected chi connectivity index (χ2v) is 4.37. The molecule has 1 aliphatic rings. The zero-order valence-electron chi connectivity index (χ0n) is 9.91. The summed E-state index contributed by atoms with van der Waals surface area (Å²) in [6.07, 6.45) is 2.30.